The van der Waals surface area contributed by atoms with E-state index in [2.05, 4.69) is 34.6 Å². The van der Waals surface area contributed by atoms with Gasteiger partial charge in [-0.2, -0.15) is 0 Å². The molecule has 0 aliphatic carbocycles. The van der Waals surface area contributed by atoms with Gasteiger partial charge < -0.3 is 33.8 Å². The molecule has 0 aromatic heterocycles. The Labute approximate surface area is 511 Å². The second-order valence-corrected chi connectivity index (χ2v) is 26.7. The molecular formula is C65H126O17P2. The van der Waals surface area contributed by atoms with Crippen LogP contribution in [0.25, 0.3) is 0 Å². The lowest BCUT2D eigenvalue weighted by molar-refractivity contribution is -0.161. The van der Waals surface area contributed by atoms with Gasteiger partial charge >= 0.3 is 39.5 Å². The first-order chi connectivity index (χ1) is 40.6. The first-order valence-electron chi connectivity index (χ1n) is 34.2. The van der Waals surface area contributed by atoms with Crippen LogP contribution < -0.4 is 0 Å². The normalized spacial score (nSPS) is 14.5. The Bertz CT molecular complexity index is 1640. The molecule has 0 bridgehead atoms. The molecule has 6 atom stereocenters. The van der Waals surface area contributed by atoms with Crippen LogP contribution in [0.3, 0.4) is 0 Å². The lowest BCUT2D eigenvalue weighted by atomic mass is 9.99. The molecule has 0 rings (SSSR count). The average molecular weight is 1240 g/mol. The maximum absolute atomic E-state index is 13.0. The number of aliphatic hydroxyl groups is 1. The van der Waals surface area contributed by atoms with Crippen molar-refractivity contribution in [2.24, 2.45) is 5.92 Å². The monoisotopic (exact) mass is 1240 g/mol. The van der Waals surface area contributed by atoms with Crippen LogP contribution in [0, 0.1) is 5.92 Å². The zero-order valence-corrected chi connectivity index (χ0v) is 55.8. The average Bonchev–Trinajstić information content (AvgIpc) is 3.62. The van der Waals surface area contributed by atoms with Gasteiger partial charge in [-0.05, 0) is 31.6 Å². The number of aliphatic hydroxyl groups excluding tert-OH is 1. The largest absolute Gasteiger partial charge is 0.472 e. The number of phosphoric ester groups is 2. The van der Waals surface area contributed by atoms with E-state index in [9.17, 15) is 43.2 Å². The van der Waals surface area contributed by atoms with Gasteiger partial charge in [0.2, 0.25) is 0 Å². The third-order valence-corrected chi connectivity index (χ3v) is 17.3. The zero-order valence-electron chi connectivity index (χ0n) is 54.0. The second-order valence-electron chi connectivity index (χ2n) is 23.7. The fraction of sp³-hybridized carbons (Fsp3) is 0.938. The Hall–Kier alpha value is -1.94. The molecule has 84 heavy (non-hydrogen) atoms. The lowest BCUT2D eigenvalue weighted by Gasteiger charge is -2.21. The molecule has 0 aromatic rings. The number of carbonyl (C=O) groups excluding carboxylic acids is 4. The van der Waals surface area contributed by atoms with Gasteiger partial charge in [0.1, 0.15) is 19.3 Å². The van der Waals surface area contributed by atoms with E-state index in [1.54, 1.807) is 0 Å². The molecule has 0 spiro atoms. The highest BCUT2D eigenvalue weighted by Gasteiger charge is 2.30. The summed E-state index contributed by atoms with van der Waals surface area (Å²) >= 11 is 0. The van der Waals surface area contributed by atoms with Crippen LogP contribution in [-0.4, -0.2) is 96.7 Å². The number of ether oxygens (including phenoxy) is 4. The lowest BCUT2D eigenvalue weighted by Crippen LogP contribution is -2.30. The van der Waals surface area contributed by atoms with E-state index in [0.29, 0.717) is 25.7 Å². The number of unbranched alkanes of at least 4 members (excludes halogenated alkanes) is 36. The fourth-order valence-electron chi connectivity index (χ4n) is 9.73. The maximum atomic E-state index is 13.0. The minimum atomic E-state index is -4.94. The van der Waals surface area contributed by atoms with Crippen molar-refractivity contribution in [1.29, 1.82) is 0 Å². The molecular weight excluding hydrogens is 1110 g/mol. The predicted octanol–water partition coefficient (Wildman–Crippen LogP) is 18.2. The van der Waals surface area contributed by atoms with E-state index < -0.39 is 97.5 Å². The van der Waals surface area contributed by atoms with Crippen LogP contribution in [0.15, 0.2) is 0 Å². The molecule has 3 N–H and O–H groups in total. The summed E-state index contributed by atoms with van der Waals surface area (Å²) in [5.41, 5.74) is 0. The van der Waals surface area contributed by atoms with Gasteiger partial charge in [-0.3, -0.25) is 37.3 Å². The third-order valence-electron chi connectivity index (χ3n) is 15.4. The summed E-state index contributed by atoms with van der Waals surface area (Å²) < 4.78 is 67.7. The highest BCUT2D eigenvalue weighted by Crippen LogP contribution is 2.45. The summed E-state index contributed by atoms with van der Waals surface area (Å²) in [7, 11) is -9.87. The Morgan fingerprint density at radius 3 is 0.845 bits per heavy atom. The maximum Gasteiger partial charge on any atom is 0.472 e. The van der Waals surface area contributed by atoms with Gasteiger partial charge in [0.15, 0.2) is 12.2 Å². The van der Waals surface area contributed by atoms with Crippen LogP contribution in [0.4, 0.5) is 0 Å². The molecule has 17 nitrogen and oxygen atoms in total. The molecule has 0 aromatic carbocycles. The van der Waals surface area contributed by atoms with Gasteiger partial charge in [0.25, 0.3) is 0 Å². The van der Waals surface area contributed by atoms with Crippen molar-refractivity contribution in [3.8, 4) is 0 Å². The number of carbonyl (C=O) groups is 4. The van der Waals surface area contributed by atoms with E-state index in [1.807, 2.05) is 0 Å². The number of hydrogen-bond donors (Lipinski definition) is 3. The SMILES string of the molecule is CCCCCCCCCCCCCCCCCCCCCCC(=O)O[C@H](COC(=O)CCCCCCCCCCC(C)CC)COP(=O)(O)OC[C@@H](O)COP(=O)(O)OC[C@@H](COC(=O)CCCCCCC)OC(=O)CCCCCCCCC. The second kappa shape index (κ2) is 58.7. The highest BCUT2D eigenvalue weighted by molar-refractivity contribution is 7.47. The standard InChI is InChI=1S/C65H126O17P2/c1-6-10-13-16-18-19-20-21-22-23-24-25-26-27-28-29-30-36-41-46-51-65(70)82-61(55-76-63(68)49-44-39-35-32-31-34-38-42-47-58(5)9-4)57-80-84(73,74)78-53-59(66)52-77-83(71,72)79-56-60(54-75-62(67)48-43-37-15-12-8-3)81-64(69)50-45-40-33-17-14-11-7-2/h58-61,66H,6-57H2,1-5H3,(H,71,72)(H,73,74)/t58?,59-,60+,61+/m0/s1. The summed E-state index contributed by atoms with van der Waals surface area (Å²) in [6.07, 6.45) is 43.7. The van der Waals surface area contributed by atoms with Crippen molar-refractivity contribution in [3.63, 3.8) is 0 Å². The van der Waals surface area contributed by atoms with E-state index in [0.717, 1.165) is 115 Å². The molecule has 0 aliphatic heterocycles. The van der Waals surface area contributed by atoms with Crippen molar-refractivity contribution >= 4 is 39.5 Å². The molecule has 0 fully saturated rings. The molecule has 3 unspecified atom stereocenters. The third kappa shape index (κ3) is 57.8. The molecule has 0 saturated carbocycles. The minimum absolute atomic E-state index is 0.103. The number of esters is 4. The van der Waals surface area contributed by atoms with Crippen molar-refractivity contribution in [2.45, 2.75) is 348 Å². The molecule has 498 valence electrons. The van der Waals surface area contributed by atoms with Crippen LogP contribution >= 0.6 is 15.6 Å². The van der Waals surface area contributed by atoms with Crippen molar-refractivity contribution < 1.29 is 80.2 Å². The van der Waals surface area contributed by atoms with Gasteiger partial charge in [-0.1, -0.05) is 279 Å². The predicted molar refractivity (Wildman–Crippen MR) is 335 cm³/mol. The first-order valence-corrected chi connectivity index (χ1v) is 37.2. The van der Waals surface area contributed by atoms with E-state index in [1.165, 1.54) is 135 Å². The summed E-state index contributed by atoms with van der Waals surface area (Å²) in [5, 5.41) is 10.5. The number of hydrogen-bond acceptors (Lipinski definition) is 15. The Balaban J connectivity index is 5.09. The molecule has 0 heterocycles. The zero-order chi connectivity index (χ0) is 62.0. The van der Waals surface area contributed by atoms with Crippen LogP contribution in [0.1, 0.15) is 330 Å². The summed E-state index contributed by atoms with van der Waals surface area (Å²) in [6, 6.07) is 0. The summed E-state index contributed by atoms with van der Waals surface area (Å²) in [6.45, 7) is 7.07. The van der Waals surface area contributed by atoms with Gasteiger partial charge in [-0.15, -0.1) is 0 Å². The number of rotatable bonds is 65. The Kier molecular flexibility index (Phi) is 57.4. The van der Waals surface area contributed by atoms with Crippen molar-refractivity contribution in [3.05, 3.63) is 0 Å². The topological polar surface area (TPSA) is 237 Å². The van der Waals surface area contributed by atoms with Gasteiger partial charge in [0.05, 0.1) is 26.4 Å². The molecule has 0 aliphatic rings. The van der Waals surface area contributed by atoms with Crippen molar-refractivity contribution in [1.82, 2.24) is 0 Å². The van der Waals surface area contributed by atoms with Crippen LogP contribution in [0.2, 0.25) is 0 Å². The quantitative estimate of drug-likeness (QED) is 0.0222. The van der Waals surface area contributed by atoms with Crippen LogP contribution in [0.5, 0.6) is 0 Å². The van der Waals surface area contributed by atoms with Gasteiger partial charge in [0, 0.05) is 25.7 Å². The van der Waals surface area contributed by atoms with E-state index in [-0.39, 0.29) is 25.7 Å². The Morgan fingerprint density at radius 2 is 0.571 bits per heavy atom. The minimum Gasteiger partial charge on any atom is -0.462 e. The molecule has 0 radical (unpaired) electrons. The highest BCUT2D eigenvalue weighted by atomic mass is 31.2. The van der Waals surface area contributed by atoms with Gasteiger partial charge in [-0.25, -0.2) is 9.13 Å². The fourth-order valence-corrected chi connectivity index (χ4v) is 11.3. The van der Waals surface area contributed by atoms with E-state index >= 15 is 0 Å². The molecule has 19 heteroatoms. The summed E-state index contributed by atoms with van der Waals surface area (Å²) in [5.74, 6) is -1.37. The van der Waals surface area contributed by atoms with Crippen molar-refractivity contribution in [2.75, 3.05) is 39.6 Å². The van der Waals surface area contributed by atoms with E-state index in [4.69, 9.17) is 37.0 Å². The summed E-state index contributed by atoms with van der Waals surface area (Å²) in [4.78, 5) is 71.9. The smallest absolute Gasteiger partial charge is 0.462 e. The number of phosphoric acid groups is 2. The Morgan fingerprint density at radius 1 is 0.333 bits per heavy atom. The van der Waals surface area contributed by atoms with Crippen LogP contribution in [-0.2, 0) is 65.4 Å². The first kappa shape index (κ1) is 82.1. The molecule has 0 amide bonds. The molecule has 0 saturated heterocycles.